The van der Waals surface area contributed by atoms with Gasteiger partial charge in [-0.15, -0.1) is 0 Å². The molecule has 1 atom stereocenters. The van der Waals surface area contributed by atoms with E-state index in [0.717, 1.165) is 18.4 Å². The molecule has 1 unspecified atom stereocenters. The van der Waals surface area contributed by atoms with Crippen molar-refractivity contribution in [3.05, 3.63) is 29.8 Å². The molecule has 0 aliphatic heterocycles. The van der Waals surface area contributed by atoms with Gasteiger partial charge in [0.25, 0.3) is 10.1 Å². The molecule has 0 amide bonds. The average Bonchev–Trinajstić information content (AvgIpc) is 2.52. The van der Waals surface area contributed by atoms with Gasteiger partial charge in [0.05, 0.1) is 17.6 Å². The summed E-state index contributed by atoms with van der Waals surface area (Å²) >= 11 is 0. The van der Waals surface area contributed by atoms with Crippen LogP contribution in [-0.2, 0) is 19.0 Å². The van der Waals surface area contributed by atoms with E-state index in [4.69, 9.17) is 8.92 Å². The minimum Gasteiger partial charge on any atom is -0.376 e. The summed E-state index contributed by atoms with van der Waals surface area (Å²) in [5.41, 5.74) is 1.01. The number of rotatable bonds is 12. The molecule has 0 N–H and O–H groups in total. The number of benzene rings is 1. The lowest BCUT2D eigenvalue weighted by molar-refractivity contribution is 0.0318. The summed E-state index contributed by atoms with van der Waals surface area (Å²) in [6.07, 6.45) is 7.01. The van der Waals surface area contributed by atoms with Crippen LogP contribution < -0.4 is 0 Å². The van der Waals surface area contributed by atoms with Crippen LogP contribution in [0, 0.1) is 6.92 Å². The molecule has 0 aliphatic carbocycles. The molecular formula is C18H30O4S. The van der Waals surface area contributed by atoms with Gasteiger partial charge in [-0.1, -0.05) is 56.7 Å². The SMILES string of the molecule is CCCCCCCCOC(C)COS(=O)(=O)c1ccc(C)cc1. The van der Waals surface area contributed by atoms with Gasteiger partial charge in [0.1, 0.15) is 0 Å². The van der Waals surface area contributed by atoms with E-state index in [0.29, 0.717) is 6.61 Å². The van der Waals surface area contributed by atoms with Crippen molar-refractivity contribution in [2.24, 2.45) is 0 Å². The largest absolute Gasteiger partial charge is 0.376 e. The number of ether oxygens (including phenoxy) is 1. The van der Waals surface area contributed by atoms with Crippen molar-refractivity contribution in [2.45, 2.75) is 70.3 Å². The van der Waals surface area contributed by atoms with E-state index in [1.807, 2.05) is 13.8 Å². The number of hydrogen-bond acceptors (Lipinski definition) is 4. The van der Waals surface area contributed by atoms with E-state index in [1.54, 1.807) is 24.3 Å². The molecule has 0 heterocycles. The minimum absolute atomic E-state index is 0.0477. The molecule has 1 aromatic carbocycles. The summed E-state index contributed by atoms with van der Waals surface area (Å²) in [6.45, 7) is 6.65. The van der Waals surface area contributed by atoms with Crippen molar-refractivity contribution in [3.63, 3.8) is 0 Å². The maximum Gasteiger partial charge on any atom is 0.297 e. The summed E-state index contributed by atoms with van der Waals surface area (Å²) in [5.74, 6) is 0. The van der Waals surface area contributed by atoms with Gasteiger partial charge in [0.2, 0.25) is 0 Å². The Kier molecular flexibility index (Phi) is 9.44. The molecule has 4 nitrogen and oxygen atoms in total. The Balaban J connectivity index is 2.22. The monoisotopic (exact) mass is 342 g/mol. The van der Waals surface area contributed by atoms with Crippen LogP contribution in [0.3, 0.4) is 0 Å². The Morgan fingerprint density at radius 2 is 1.61 bits per heavy atom. The van der Waals surface area contributed by atoms with E-state index >= 15 is 0 Å². The zero-order valence-electron chi connectivity index (χ0n) is 14.6. The van der Waals surface area contributed by atoms with Crippen LogP contribution in [-0.4, -0.2) is 27.7 Å². The van der Waals surface area contributed by atoms with Gasteiger partial charge in [-0.3, -0.25) is 4.18 Å². The first kappa shape index (κ1) is 20.1. The second kappa shape index (κ2) is 10.8. The molecule has 0 fully saturated rings. The van der Waals surface area contributed by atoms with E-state index < -0.39 is 10.1 Å². The van der Waals surface area contributed by atoms with E-state index in [-0.39, 0.29) is 17.6 Å². The van der Waals surface area contributed by atoms with E-state index in [9.17, 15) is 8.42 Å². The normalized spacial score (nSPS) is 13.2. The van der Waals surface area contributed by atoms with E-state index in [2.05, 4.69) is 6.92 Å². The number of aryl methyl sites for hydroxylation is 1. The number of unbranched alkanes of at least 4 members (excludes halogenated alkanes) is 5. The molecule has 0 spiro atoms. The van der Waals surface area contributed by atoms with Crippen molar-refractivity contribution in [3.8, 4) is 0 Å². The highest BCUT2D eigenvalue weighted by atomic mass is 32.2. The quantitative estimate of drug-likeness (QED) is 0.415. The van der Waals surface area contributed by atoms with Crippen LogP contribution in [0.4, 0.5) is 0 Å². The maximum atomic E-state index is 12.0. The second-order valence-electron chi connectivity index (χ2n) is 6.00. The van der Waals surface area contributed by atoms with Crippen LogP contribution in [0.25, 0.3) is 0 Å². The van der Waals surface area contributed by atoms with Crippen molar-refractivity contribution < 1.29 is 17.3 Å². The van der Waals surface area contributed by atoms with Crippen molar-refractivity contribution >= 4 is 10.1 Å². The minimum atomic E-state index is -3.70. The lowest BCUT2D eigenvalue weighted by Gasteiger charge is -2.13. The molecule has 5 heteroatoms. The standard InChI is InChI=1S/C18H30O4S/c1-4-5-6-7-8-9-14-21-17(3)15-22-23(19,20)18-12-10-16(2)11-13-18/h10-13,17H,4-9,14-15H2,1-3H3. The van der Waals surface area contributed by atoms with Crippen molar-refractivity contribution in [1.82, 2.24) is 0 Å². The fraction of sp³-hybridized carbons (Fsp3) is 0.667. The highest BCUT2D eigenvalue weighted by molar-refractivity contribution is 7.86. The van der Waals surface area contributed by atoms with Crippen LogP contribution in [0.15, 0.2) is 29.2 Å². The Labute approximate surface area is 141 Å². The van der Waals surface area contributed by atoms with Gasteiger partial charge < -0.3 is 4.74 Å². The fourth-order valence-corrected chi connectivity index (χ4v) is 3.15. The molecule has 0 bridgehead atoms. The summed E-state index contributed by atoms with van der Waals surface area (Å²) in [7, 11) is -3.70. The molecular weight excluding hydrogens is 312 g/mol. The summed E-state index contributed by atoms with van der Waals surface area (Å²) < 4.78 is 34.8. The first-order valence-corrected chi connectivity index (χ1v) is 9.94. The third-order valence-electron chi connectivity index (χ3n) is 3.67. The van der Waals surface area contributed by atoms with Gasteiger partial charge in [0.15, 0.2) is 0 Å². The van der Waals surface area contributed by atoms with Crippen molar-refractivity contribution in [1.29, 1.82) is 0 Å². The lowest BCUT2D eigenvalue weighted by Crippen LogP contribution is -2.20. The average molecular weight is 343 g/mol. The molecule has 23 heavy (non-hydrogen) atoms. The summed E-state index contributed by atoms with van der Waals surface area (Å²) in [6, 6.07) is 6.64. The Hall–Kier alpha value is -0.910. The smallest absolute Gasteiger partial charge is 0.297 e. The Morgan fingerprint density at radius 1 is 1.00 bits per heavy atom. The summed E-state index contributed by atoms with van der Waals surface area (Å²) in [5, 5.41) is 0. The molecule has 0 saturated carbocycles. The predicted molar refractivity (Wildman–Crippen MR) is 93.1 cm³/mol. The van der Waals surface area contributed by atoms with Crippen LogP contribution in [0.1, 0.15) is 57.9 Å². The summed E-state index contributed by atoms with van der Waals surface area (Å²) in [4.78, 5) is 0.186. The van der Waals surface area contributed by atoms with Gasteiger partial charge in [-0.05, 0) is 32.4 Å². The predicted octanol–water partition coefficient (Wildman–Crippen LogP) is 4.47. The Bertz CT molecular complexity index is 522. The van der Waals surface area contributed by atoms with Gasteiger partial charge >= 0.3 is 0 Å². The molecule has 0 aromatic heterocycles. The molecule has 1 rings (SSSR count). The molecule has 0 radical (unpaired) electrons. The first-order chi connectivity index (χ1) is 11.0. The molecule has 1 aromatic rings. The Morgan fingerprint density at radius 3 is 2.26 bits per heavy atom. The second-order valence-corrected chi connectivity index (χ2v) is 7.62. The lowest BCUT2D eigenvalue weighted by atomic mass is 10.1. The first-order valence-electron chi connectivity index (χ1n) is 8.53. The highest BCUT2D eigenvalue weighted by Gasteiger charge is 2.16. The topological polar surface area (TPSA) is 52.6 Å². The van der Waals surface area contributed by atoms with Crippen LogP contribution in [0.2, 0.25) is 0 Å². The third kappa shape index (κ3) is 8.49. The van der Waals surface area contributed by atoms with E-state index in [1.165, 1.54) is 25.7 Å². The molecule has 132 valence electrons. The zero-order valence-corrected chi connectivity index (χ0v) is 15.4. The maximum absolute atomic E-state index is 12.0. The highest BCUT2D eigenvalue weighted by Crippen LogP contribution is 2.14. The number of hydrogen-bond donors (Lipinski definition) is 0. The fourth-order valence-electron chi connectivity index (χ4n) is 2.17. The van der Waals surface area contributed by atoms with Crippen LogP contribution >= 0.6 is 0 Å². The van der Waals surface area contributed by atoms with Crippen molar-refractivity contribution in [2.75, 3.05) is 13.2 Å². The van der Waals surface area contributed by atoms with Gasteiger partial charge in [0, 0.05) is 6.61 Å². The molecule has 0 aliphatic rings. The van der Waals surface area contributed by atoms with Gasteiger partial charge in [-0.25, -0.2) is 0 Å². The molecule has 0 saturated heterocycles. The third-order valence-corrected chi connectivity index (χ3v) is 4.96. The zero-order chi connectivity index (χ0) is 17.1. The van der Waals surface area contributed by atoms with Gasteiger partial charge in [-0.2, -0.15) is 8.42 Å². The van der Waals surface area contributed by atoms with Crippen LogP contribution in [0.5, 0.6) is 0 Å².